The molecule has 2 nitrogen and oxygen atoms in total. The fraction of sp³-hybridized carbons (Fsp3) is 0.154. The molecule has 1 heterocycles. The molecule has 0 bridgehead atoms. The minimum absolute atomic E-state index is 0.00862. The normalized spacial score (nSPS) is 11.3. The van der Waals surface area contributed by atoms with Crippen LogP contribution in [-0.2, 0) is 0 Å². The van der Waals surface area contributed by atoms with Crippen LogP contribution in [-0.4, -0.2) is 5.75 Å². The highest BCUT2D eigenvalue weighted by Gasteiger charge is 1.99. The van der Waals surface area contributed by atoms with Crippen molar-refractivity contribution in [2.24, 2.45) is 0 Å². The molecule has 0 aliphatic carbocycles. The van der Waals surface area contributed by atoms with Crippen LogP contribution in [0, 0.1) is 0 Å². The van der Waals surface area contributed by atoms with E-state index in [-0.39, 0.29) is 5.43 Å². The Hall–Kier alpha value is -1.48. The minimum atomic E-state index is -0.00862. The van der Waals surface area contributed by atoms with Crippen molar-refractivity contribution in [3.05, 3.63) is 52.4 Å². The number of hydrogen-bond acceptors (Lipinski definition) is 3. The van der Waals surface area contributed by atoms with Crippen molar-refractivity contribution in [3.8, 4) is 0 Å². The lowest BCUT2D eigenvalue weighted by Gasteiger charge is -1.97. The molecule has 3 heteroatoms. The molecular weight excluding hydrogens is 220 g/mol. The maximum atomic E-state index is 11.6. The molecule has 0 saturated heterocycles. The van der Waals surface area contributed by atoms with Crippen LogP contribution in [0.1, 0.15) is 12.0 Å². The minimum Gasteiger partial charge on any atom is -0.464 e. The molecule has 0 aliphatic rings. The van der Waals surface area contributed by atoms with Crippen molar-refractivity contribution in [3.63, 3.8) is 0 Å². The number of allylic oxidation sites excluding steroid dienone is 1. The van der Waals surface area contributed by atoms with Gasteiger partial charge in [-0.25, -0.2) is 0 Å². The summed E-state index contributed by atoms with van der Waals surface area (Å²) < 4.78 is 5.24. The largest absolute Gasteiger partial charge is 0.464 e. The van der Waals surface area contributed by atoms with Gasteiger partial charge in [0.15, 0.2) is 5.43 Å². The lowest BCUT2D eigenvalue weighted by Crippen LogP contribution is -1.97. The van der Waals surface area contributed by atoms with Gasteiger partial charge in [0.05, 0.1) is 11.6 Å². The lowest BCUT2D eigenvalue weighted by molar-refractivity contribution is 0.602. The molecule has 0 saturated carbocycles. The Balaban J connectivity index is 2.43. The zero-order valence-corrected chi connectivity index (χ0v) is 9.61. The molecule has 0 radical (unpaired) electrons. The summed E-state index contributed by atoms with van der Waals surface area (Å²) in [5, 5.41) is 0.621. The first-order valence-corrected chi connectivity index (χ1v) is 5.73. The molecule has 1 aromatic heterocycles. The summed E-state index contributed by atoms with van der Waals surface area (Å²) >= 11 is 4.13. The van der Waals surface area contributed by atoms with E-state index in [4.69, 9.17) is 4.42 Å². The fourth-order valence-corrected chi connectivity index (χ4v) is 1.65. The standard InChI is InChI=1S/C13H12O2S/c14-12-6-7-15-13-5-4-10(9-11(12)13)3-1-2-8-16/h1,3-7,9,16H,2,8H2. The highest BCUT2D eigenvalue weighted by atomic mass is 32.1. The van der Waals surface area contributed by atoms with Gasteiger partial charge in [-0.15, -0.1) is 0 Å². The van der Waals surface area contributed by atoms with Crippen molar-refractivity contribution in [2.75, 3.05) is 5.75 Å². The highest BCUT2D eigenvalue weighted by molar-refractivity contribution is 7.80. The van der Waals surface area contributed by atoms with E-state index >= 15 is 0 Å². The van der Waals surface area contributed by atoms with E-state index < -0.39 is 0 Å². The molecule has 0 aliphatic heterocycles. The average Bonchev–Trinajstić information content (AvgIpc) is 2.30. The smallest absolute Gasteiger partial charge is 0.192 e. The second-order valence-corrected chi connectivity index (χ2v) is 3.90. The number of benzene rings is 1. The molecule has 2 aromatic rings. The molecule has 2 rings (SSSR count). The Morgan fingerprint density at radius 3 is 3.00 bits per heavy atom. The quantitative estimate of drug-likeness (QED) is 0.824. The molecule has 1 aromatic carbocycles. The predicted molar refractivity (Wildman–Crippen MR) is 70.0 cm³/mol. The number of rotatable bonds is 3. The van der Waals surface area contributed by atoms with Crippen LogP contribution >= 0.6 is 12.6 Å². The highest BCUT2D eigenvalue weighted by Crippen LogP contribution is 2.13. The topological polar surface area (TPSA) is 30.2 Å². The van der Waals surface area contributed by atoms with Crippen LogP contribution in [0.25, 0.3) is 17.0 Å². The van der Waals surface area contributed by atoms with Crippen LogP contribution in [0.4, 0.5) is 0 Å². The third kappa shape index (κ3) is 2.36. The van der Waals surface area contributed by atoms with E-state index in [0.29, 0.717) is 11.0 Å². The molecule has 0 N–H and O–H groups in total. The second kappa shape index (κ2) is 5.03. The first-order valence-electron chi connectivity index (χ1n) is 5.10. The Labute approximate surface area is 99.0 Å². The van der Waals surface area contributed by atoms with E-state index in [1.165, 1.54) is 12.3 Å². The van der Waals surface area contributed by atoms with Crippen LogP contribution in [0.2, 0.25) is 0 Å². The van der Waals surface area contributed by atoms with Crippen LogP contribution in [0.5, 0.6) is 0 Å². The SMILES string of the molecule is O=c1ccoc2ccc(C=CCCS)cc12. The Bertz CT molecular complexity index is 569. The lowest BCUT2D eigenvalue weighted by atomic mass is 10.1. The number of hydrogen-bond donors (Lipinski definition) is 1. The summed E-state index contributed by atoms with van der Waals surface area (Å²) in [7, 11) is 0. The van der Waals surface area contributed by atoms with E-state index in [1.54, 1.807) is 0 Å². The summed E-state index contributed by atoms with van der Waals surface area (Å²) in [6.07, 6.45) is 6.37. The molecule has 0 amide bonds. The van der Waals surface area contributed by atoms with Crippen molar-refractivity contribution in [1.29, 1.82) is 0 Å². The van der Waals surface area contributed by atoms with Gasteiger partial charge in [-0.2, -0.15) is 12.6 Å². The number of thiol groups is 1. The molecule has 0 atom stereocenters. The molecule has 82 valence electrons. The molecule has 0 fully saturated rings. The fourth-order valence-electron chi connectivity index (χ4n) is 1.50. The van der Waals surface area contributed by atoms with Gasteiger partial charge in [0.25, 0.3) is 0 Å². The van der Waals surface area contributed by atoms with Crippen LogP contribution in [0.15, 0.2) is 45.8 Å². The summed E-state index contributed by atoms with van der Waals surface area (Å²) in [6, 6.07) is 7.02. The van der Waals surface area contributed by atoms with Gasteiger partial charge in [-0.1, -0.05) is 18.2 Å². The van der Waals surface area contributed by atoms with Gasteiger partial charge in [-0.3, -0.25) is 4.79 Å². The van der Waals surface area contributed by atoms with Crippen molar-refractivity contribution >= 4 is 29.7 Å². The maximum Gasteiger partial charge on any atom is 0.192 e. The molecule has 16 heavy (non-hydrogen) atoms. The van der Waals surface area contributed by atoms with Crippen molar-refractivity contribution in [2.45, 2.75) is 6.42 Å². The van der Waals surface area contributed by atoms with Crippen LogP contribution in [0.3, 0.4) is 0 Å². The zero-order chi connectivity index (χ0) is 11.4. The van der Waals surface area contributed by atoms with Crippen LogP contribution < -0.4 is 5.43 Å². The average molecular weight is 232 g/mol. The summed E-state index contributed by atoms with van der Waals surface area (Å²) in [4.78, 5) is 11.6. The van der Waals surface area contributed by atoms with Gasteiger partial charge in [0, 0.05) is 6.07 Å². The molecule has 0 unspecified atom stereocenters. The van der Waals surface area contributed by atoms with E-state index in [1.807, 2.05) is 30.4 Å². The van der Waals surface area contributed by atoms with Gasteiger partial charge < -0.3 is 4.42 Å². The van der Waals surface area contributed by atoms with E-state index in [0.717, 1.165) is 17.7 Å². The summed E-state index contributed by atoms with van der Waals surface area (Å²) in [5.41, 5.74) is 1.62. The van der Waals surface area contributed by atoms with E-state index in [2.05, 4.69) is 12.6 Å². The predicted octanol–water partition coefficient (Wildman–Crippen LogP) is 3.13. The monoisotopic (exact) mass is 232 g/mol. The van der Waals surface area contributed by atoms with Gasteiger partial charge in [-0.05, 0) is 29.9 Å². The second-order valence-electron chi connectivity index (χ2n) is 3.46. The molecular formula is C13H12O2S. The maximum absolute atomic E-state index is 11.6. The molecule has 0 spiro atoms. The van der Waals surface area contributed by atoms with Crippen molar-refractivity contribution in [1.82, 2.24) is 0 Å². The van der Waals surface area contributed by atoms with E-state index in [9.17, 15) is 4.79 Å². The first-order chi connectivity index (χ1) is 7.81. The Morgan fingerprint density at radius 1 is 1.31 bits per heavy atom. The van der Waals surface area contributed by atoms with Crippen molar-refractivity contribution < 1.29 is 4.42 Å². The summed E-state index contributed by atoms with van der Waals surface area (Å²) in [5.74, 6) is 0.826. The van der Waals surface area contributed by atoms with Gasteiger partial charge >= 0.3 is 0 Å². The first kappa shape index (κ1) is 11.0. The van der Waals surface area contributed by atoms with Gasteiger partial charge in [0.2, 0.25) is 0 Å². The zero-order valence-electron chi connectivity index (χ0n) is 8.72. The third-order valence-electron chi connectivity index (χ3n) is 2.29. The number of fused-ring (bicyclic) bond motifs is 1. The Kier molecular flexibility index (Phi) is 3.47. The van der Waals surface area contributed by atoms with Gasteiger partial charge in [0.1, 0.15) is 5.58 Å². The third-order valence-corrected chi connectivity index (χ3v) is 2.55. The Morgan fingerprint density at radius 2 is 2.19 bits per heavy atom. The summed E-state index contributed by atoms with van der Waals surface area (Å²) in [6.45, 7) is 0.